The van der Waals surface area contributed by atoms with Crippen LogP contribution in [0.25, 0.3) is 11.0 Å². The van der Waals surface area contributed by atoms with Crippen molar-refractivity contribution in [2.24, 2.45) is 0 Å². The monoisotopic (exact) mass is 271 g/mol. The number of rotatable bonds is 1. The predicted octanol–water partition coefficient (Wildman–Crippen LogP) is 2.07. The number of hydrogen-bond acceptors (Lipinski definition) is 3. The van der Waals surface area contributed by atoms with Gasteiger partial charge in [-0.15, -0.1) is 6.42 Å². The van der Waals surface area contributed by atoms with Crippen LogP contribution in [0.15, 0.2) is 22.8 Å². The van der Waals surface area contributed by atoms with Crippen molar-refractivity contribution in [1.29, 1.82) is 0 Å². The molecule has 4 nitrogen and oxygen atoms in total. The molecule has 0 bridgehead atoms. The van der Waals surface area contributed by atoms with Crippen molar-refractivity contribution in [3.05, 3.63) is 35.3 Å². The Morgan fingerprint density at radius 1 is 1.40 bits per heavy atom. The normalized spacial score (nSPS) is 18.9. The summed E-state index contributed by atoms with van der Waals surface area (Å²) in [6, 6.07) is 2.78. The lowest BCUT2D eigenvalue weighted by Gasteiger charge is -2.19. The van der Waals surface area contributed by atoms with Gasteiger partial charge in [-0.05, 0) is 18.6 Å². The van der Waals surface area contributed by atoms with E-state index in [9.17, 15) is 14.0 Å². The fourth-order valence-corrected chi connectivity index (χ4v) is 2.47. The van der Waals surface area contributed by atoms with E-state index in [0.29, 0.717) is 23.1 Å². The van der Waals surface area contributed by atoms with E-state index < -0.39 is 17.6 Å². The molecular weight excluding hydrogens is 261 g/mol. The first kappa shape index (κ1) is 12.4. The van der Waals surface area contributed by atoms with Crippen LogP contribution >= 0.6 is 0 Å². The molecule has 1 atom stereocenters. The van der Waals surface area contributed by atoms with Gasteiger partial charge in [0.2, 0.25) is 11.8 Å². The summed E-state index contributed by atoms with van der Waals surface area (Å²) < 4.78 is 19.4. The molecule has 20 heavy (non-hydrogen) atoms. The van der Waals surface area contributed by atoms with Crippen molar-refractivity contribution in [2.75, 3.05) is 0 Å². The van der Waals surface area contributed by atoms with Gasteiger partial charge in [0.05, 0.1) is 17.6 Å². The van der Waals surface area contributed by atoms with Gasteiger partial charge in [-0.1, -0.05) is 5.92 Å². The van der Waals surface area contributed by atoms with Crippen molar-refractivity contribution in [3.63, 3.8) is 0 Å². The molecule has 1 aliphatic heterocycles. The number of hydrogen-bond donors (Lipinski definition) is 1. The molecule has 5 heteroatoms. The minimum atomic E-state index is -0.583. The van der Waals surface area contributed by atoms with Crippen LogP contribution in [-0.2, 0) is 9.59 Å². The van der Waals surface area contributed by atoms with Crippen LogP contribution in [0, 0.1) is 18.2 Å². The summed E-state index contributed by atoms with van der Waals surface area (Å²) in [6.45, 7) is 0. The Labute approximate surface area is 113 Å². The summed E-state index contributed by atoms with van der Waals surface area (Å²) in [6.07, 6.45) is 7.16. The Morgan fingerprint density at radius 2 is 2.20 bits per heavy atom. The van der Waals surface area contributed by atoms with Gasteiger partial charge in [0.15, 0.2) is 0 Å². The molecule has 1 aromatic heterocycles. The first-order chi connectivity index (χ1) is 9.60. The van der Waals surface area contributed by atoms with Crippen molar-refractivity contribution < 1.29 is 18.4 Å². The Morgan fingerprint density at radius 3 is 2.90 bits per heavy atom. The third-order valence-corrected chi connectivity index (χ3v) is 3.44. The van der Waals surface area contributed by atoms with E-state index in [1.165, 1.54) is 12.3 Å². The molecule has 1 fully saturated rings. The fraction of sp³-hybridized carbons (Fsp3) is 0.200. The largest absolute Gasteiger partial charge is 0.464 e. The highest BCUT2D eigenvalue weighted by atomic mass is 19.1. The van der Waals surface area contributed by atoms with Crippen LogP contribution < -0.4 is 5.32 Å². The summed E-state index contributed by atoms with van der Waals surface area (Å²) in [7, 11) is 0. The molecule has 0 radical (unpaired) electrons. The third kappa shape index (κ3) is 1.86. The smallest absolute Gasteiger partial charge is 0.234 e. The number of imide groups is 1. The highest BCUT2D eigenvalue weighted by Gasteiger charge is 2.31. The summed E-state index contributed by atoms with van der Waals surface area (Å²) in [5, 5.41) is 2.50. The summed E-state index contributed by atoms with van der Waals surface area (Å²) in [5.41, 5.74) is 1.13. The van der Waals surface area contributed by atoms with Crippen molar-refractivity contribution in [3.8, 4) is 12.3 Å². The van der Waals surface area contributed by atoms with Gasteiger partial charge in [0.25, 0.3) is 0 Å². The second-order valence-corrected chi connectivity index (χ2v) is 4.67. The van der Waals surface area contributed by atoms with E-state index >= 15 is 0 Å². The Bertz CT molecular complexity index is 769. The van der Waals surface area contributed by atoms with Gasteiger partial charge in [0, 0.05) is 17.5 Å². The highest BCUT2D eigenvalue weighted by Crippen LogP contribution is 2.34. The first-order valence-corrected chi connectivity index (χ1v) is 6.11. The molecule has 0 spiro atoms. The van der Waals surface area contributed by atoms with Gasteiger partial charge in [-0.3, -0.25) is 14.9 Å². The molecule has 100 valence electrons. The number of carbonyl (C=O) groups is 2. The standard InChI is InChI=1S/C15H10FNO3/c1-2-8-5-11(16)14-10(7-20-12(14)6-8)9-3-4-13(18)17-15(9)19/h1,5-7,9H,3-4H2,(H,17,18,19). The zero-order valence-electron chi connectivity index (χ0n) is 10.4. The first-order valence-electron chi connectivity index (χ1n) is 6.11. The lowest BCUT2D eigenvalue weighted by molar-refractivity contribution is -0.134. The molecule has 1 unspecified atom stereocenters. The van der Waals surface area contributed by atoms with Crippen LogP contribution in [-0.4, -0.2) is 11.8 Å². The zero-order chi connectivity index (χ0) is 14.3. The van der Waals surface area contributed by atoms with Crippen LogP contribution in [0.1, 0.15) is 29.9 Å². The summed E-state index contributed by atoms with van der Waals surface area (Å²) >= 11 is 0. The molecule has 2 aromatic rings. The molecular formula is C15H10FNO3. The Hall–Kier alpha value is -2.61. The van der Waals surface area contributed by atoms with Crippen molar-refractivity contribution in [2.45, 2.75) is 18.8 Å². The molecule has 1 aliphatic rings. The quantitative estimate of drug-likeness (QED) is 0.638. The highest BCUT2D eigenvalue weighted by molar-refractivity contribution is 6.02. The van der Waals surface area contributed by atoms with Gasteiger partial charge in [0.1, 0.15) is 11.4 Å². The van der Waals surface area contributed by atoms with Crippen LogP contribution in [0.2, 0.25) is 0 Å². The van der Waals surface area contributed by atoms with Gasteiger partial charge < -0.3 is 4.42 Å². The maximum Gasteiger partial charge on any atom is 0.234 e. The minimum Gasteiger partial charge on any atom is -0.464 e. The van der Waals surface area contributed by atoms with E-state index in [-0.39, 0.29) is 17.7 Å². The number of furan rings is 1. The van der Waals surface area contributed by atoms with Crippen molar-refractivity contribution in [1.82, 2.24) is 5.32 Å². The van der Waals surface area contributed by atoms with Crippen molar-refractivity contribution >= 4 is 22.8 Å². The summed E-state index contributed by atoms with van der Waals surface area (Å²) in [5.74, 6) is 0.495. The lowest BCUT2D eigenvalue weighted by Crippen LogP contribution is -2.39. The van der Waals surface area contributed by atoms with Crippen LogP contribution in [0.4, 0.5) is 4.39 Å². The van der Waals surface area contributed by atoms with E-state index in [1.807, 2.05) is 0 Å². The summed E-state index contributed by atoms with van der Waals surface area (Å²) in [4.78, 5) is 23.0. The number of fused-ring (bicyclic) bond motifs is 1. The molecule has 1 N–H and O–H groups in total. The number of carbonyl (C=O) groups excluding carboxylic acids is 2. The fourth-order valence-electron chi connectivity index (χ4n) is 2.47. The molecule has 0 saturated carbocycles. The Balaban J connectivity index is 2.11. The zero-order valence-corrected chi connectivity index (χ0v) is 10.4. The maximum absolute atomic E-state index is 14.1. The second kappa shape index (κ2) is 4.49. The number of terminal acetylenes is 1. The van der Waals surface area contributed by atoms with Gasteiger partial charge >= 0.3 is 0 Å². The number of halogens is 1. The maximum atomic E-state index is 14.1. The van der Waals surface area contributed by atoms with E-state index in [2.05, 4.69) is 11.2 Å². The minimum absolute atomic E-state index is 0.229. The molecule has 2 heterocycles. The van der Waals surface area contributed by atoms with E-state index in [0.717, 1.165) is 0 Å². The molecule has 1 aromatic carbocycles. The molecule has 0 aliphatic carbocycles. The second-order valence-electron chi connectivity index (χ2n) is 4.67. The Kier molecular flexibility index (Phi) is 2.79. The topological polar surface area (TPSA) is 59.3 Å². The van der Waals surface area contributed by atoms with E-state index in [1.54, 1.807) is 6.07 Å². The average molecular weight is 271 g/mol. The predicted molar refractivity (Wildman–Crippen MR) is 69.2 cm³/mol. The number of benzene rings is 1. The molecule has 3 rings (SSSR count). The molecule has 2 amide bonds. The SMILES string of the molecule is C#Cc1cc(F)c2c(C3CCC(=O)NC3=O)coc2c1. The van der Waals surface area contributed by atoms with Crippen LogP contribution in [0.3, 0.4) is 0 Å². The van der Waals surface area contributed by atoms with Crippen LogP contribution in [0.5, 0.6) is 0 Å². The molecule has 1 saturated heterocycles. The number of piperidine rings is 1. The number of amides is 2. The van der Waals surface area contributed by atoms with Gasteiger partial charge in [-0.25, -0.2) is 4.39 Å². The van der Waals surface area contributed by atoms with Gasteiger partial charge in [-0.2, -0.15) is 0 Å². The lowest BCUT2D eigenvalue weighted by atomic mass is 9.90. The van der Waals surface area contributed by atoms with E-state index in [4.69, 9.17) is 10.8 Å². The number of nitrogens with one attached hydrogen (secondary N) is 1. The third-order valence-electron chi connectivity index (χ3n) is 3.44. The average Bonchev–Trinajstić information content (AvgIpc) is 2.83.